The van der Waals surface area contributed by atoms with Gasteiger partial charge in [-0.3, -0.25) is 0 Å². The van der Waals surface area contributed by atoms with E-state index in [1.165, 1.54) is 0 Å². The zero-order valence-electron chi connectivity index (χ0n) is 9.48. The summed E-state index contributed by atoms with van der Waals surface area (Å²) in [6.07, 6.45) is -4.45. The van der Waals surface area contributed by atoms with Gasteiger partial charge in [-0.25, -0.2) is 9.59 Å². The molecule has 6 nitrogen and oxygen atoms in total. The molecule has 0 spiro atoms. The normalized spacial score (nSPS) is 24.9. The Labute approximate surface area is 101 Å². The molecule has 4 N–H and O–H groups in total. The molecule has 1 aliphatic rings. The van der Waals surface area contributed by atoms with E-state index in [2.05, 4.69) is 0 Å². The van der Waals surface area contributed by atoms with E-state index in [-0.39, 0.29) is 12.1 Å². The van der Waals surface area contributed by atoms with Gasteiger partial charge in [-0.2, -0.15) is 13.2 Å². The van der Waals surface area contributed by atoms with Gasteiger partial charge >= 0.3 is 18.1 Å². The number of carboxylic acid groups (broad SMARTS) is 2. The summed E-state index contributed by atoms with van der Waals surface area (Å²) in [7, 11) is 0. The van der Waals surface area contributed by atoms with Gasteiger partial charge in [0.15, 0.2) is 6.10 Å². The van der Waals surface area contributed by atoms with Crippen LogP contribution in [0.5, 0.6) is 0 Å². The second kappa shape index (κ2) is 6.55. The number of nitrogens with two attached hydrogens (primary N) is 1. The molecule has 1 saturated heterocycles. The molecule has 0 amide bonds. The Morgan fingerprint density at radius 2 is 1.78 bits per heavy atom. The number of hydrogen-bond donors (Lipinski definition) is 3. The first kappa shape index (κ1) is 16.6. The summed E-state index contributed by atoms with van der Waals surface area (Å²) in [5, 5.41) is 15.7. The van der Waals surface area contributed by atoms with Crippen LogP contribution in [-0.2, 0) is 14.3 Å². The van der Waals surface area contributed by atoms with Crippen LogP contribution >= 0.6 is 0 Å². The molecule has 18 heavy (non-hydrogen) atoms. The highest BCUT2D eigenvalue weighted by Crippen LogP contribution is 2.21. The third-order valence-corrected chi connectivity index (χ3v) is 2.16. The summed E-state index contributed by atoms with van der Waals surface area (Å²) < 4.78 is 36.9. The van der Waals surface area contributed by atoms with E-state index in [1.807, 2.05) is 6.92 Å². The molecular weight excluding hydrogens is 259 g/mol. The van der Waals surface area contributed by atoms with Crippen molar-refractivity contribution in [2.45, 2.75) is 44.2 Å². The minimum absolute atomic E-state index is 0.0700. The van der Waals surface area contributed by atoms with Crippen molar-refractivity contribution in [3.8, 4) is 0 Å². The van der Waals surface area contributed by atoms with E-state index in [0.29, 0.717) is 6.42 Å². The molecule has 106 valence electrons. The van der Waals surface area contributed by atoms with Crippen molar-refractivity contribution in [3.05, 3.63) is 0 Å². The lowest BCUT2D eigenvalue weighted by Crippen LogP contribution is -2.32. The first-order valence-corrected chi connectivity index (χ1v) is 4.99. The Hall–Kier alpha value is -1.35. The maximum atomic E-state index is 10.6. The topological polar surface area (TPSA) is 110 Å². The number of alkyl halides is 3. The highest BCUT2D eigenvalue weighted by Gasteiger charge is 2.38. The van der Waals surface area contributed by atoms with E-state index in [9.17, 15) is 18.0 Å². The number of carbonyl (C=O) groups is 2. The van der Waals surface area contributed by atoms with Crippen LogP contribution in [0.15, 0.2) is 0 Å². The van der Waals surface area contributed by atoms with Gasteiger partial charge in [0.25, 0.3) is 0 Å². The van der Waals surface area contributed by atoms with Crippen LogP contribution < -0.4 is 5.73 Å². The number of hydrogen-bond acceptors (Lipinski definition) is 4. The van der Waals surface area contributed by atoms with Crippen molar-refractivity contribution in [2.75, 3.05) is 0 Å². The average molecular weight is 273 g/mol. The summed E-state index contributed by atoms with van der Waals surface area (Å²) >= 11 is 0. The molecule has 0 aliphatic carbocycles. The van der Waals surface area contributed by atoms with Gasteiger partial charge in [-0.05, 0) is 19.8 Å². The van der Waals surface area contributed by atoms with Crippen LogP contribution in [0.1, 0.15) is 19.8 Å². The van der Waals surface area contributed by atoms with Gasteiger partial charge < -0.3 is 20.7 Å². The van der Waals surface area contributed by atoms with Crippen molar-refractivity contribution in [1.29, 1.82) is 0 Å². The zero-order valence-corrected chi connectivity index (χ0v) is 9.48. The molecule has 0 aromatic rings. The van der Waals surface area contributed by atoms with Crippen molar-refractivity contribution in [3.63, 3.8) is 0 Å². The van der Waals surface area contributed by atoms with Crippen molar-refractivity contribution >= 4 is 11.9 Å². The number of ether oxygens (including phenoxy) is 1. The number of halogens is 3. The molecule has 0 aromatic carbocycles. The summed E-state index contributed by atoms with van der Waals surface area (Å²) in [5.41, 5.74) is 5.54. The molecule has 1 fully saturated rings. The van der Waals surface area contributed by atoms with Gasteiger partial charge in [0.05, 0.1) is 6.10 Å². The molecule has 1 aliphatic heterocycles. The first-order chi connectivity index (χ1) is 8.05. The van der Waals surface area contributed by atoms with Crippen LogP contribution in [-0.4, -0.2) is 46.6 Å². The summed E-state index contributed by atoms with van der Waals surface area (Å²) in [4.78, 5) is 19.3. The third kappa shape index (κ3) is 5.82. The van der Waals surface area contributed by atoms with Gasteiger partial charge in [0.1, 0.15) is 0 Å². The second-order valence-corrected chi connectivity index (χ2v) is 3.74. The van der Waals surface area contributed by atoms with Gasteiger partial charge in [0, 0.05) is 6.04 Å². The van der Waals surface area contributed by atoms with E-state index < -0.39 is 24.2 Å². The van der Waals surface area contributed by atoms with Gasteiger partial charge in [-0.1, -0.05) is 0 Å². The Balaban J connectivity index is 0.000000360. The van der Waals surface area contributed by atoms with Gasteiger partial charge in [0.2, 0.25) is 0 Å². The molecule has 0 bridgehead atoms. The van der Waals surface area contributed by atoms with Crippen LogP contribution in [0.3, 0.4) is 0 Å². The minimum atomic E-state index is -5.08. The number of rotatable bonds is 2. The van der Waals surface area contributed by atoms with Crippen LogP contribution in [0.25, 0.3) is 0 Å². The number of carboxylic acids is 2. The largest absolute Gasteiger partial charge is 0.490 e. The summed E-state index contributed by atoms with van der Waals surface area (Å²) in [5.74, 6) is -3.64. The van der Waals surface area contributed by atoms with Crippen LogP contribution in [0.4, 0.5) is 13.2 Å². The molecule has 1 heterocycles. The smallest absolute Gasteiger partial charge is 0.479 e. The Bertz CT molecular complexity index is 305. The molecule has 9 heteroatoms. The summed E-state index contributed by atoms with van der Waals surface area (Å²) in [6, 6.07) is -0.0700. The zero-order chi connectivity index (χ0) is 14.5. The fraction of sp³-hybridized carbons (Fsp3) is 0.778. The van der Waals surface area contributed by atoms with Gasteiger partial charge in [-0.15, -0.1) is 0 Å². The fourth-order valence-electron chi connectivity index (χ4n) is 1.23. The highest BCUT2D eigenvalue weighted by molar-refractivity contribution is 5.73. The molecule has 3 atom stereocenters. The lowest BCUT2D eigenvalue weighted by molar-refractivity contribution is -0.192. The fourth-order valence-corrected chi connectivity index (χ4v) is 1.23. The predicted octanol–water partition coefficient (Wildman–Crippen LogP) is 0.599. The Morgan fingerprint density at radius 1 is 1.33 bits per heavy atom. The van der Waals surface area contributed by atoms with E-state index in [1.54, 1.807) is 0 Å². The van der Waals surface area contributed by atoms with E-state index >= 15 is 0 Å². The second-order valence-electron chi connectivity index (χ2n) is 3.74. The van der Waals surface area contributed by atoms with E-state index in [4.69, 9.17) is 25.5 Å². The molecule has 0 saturated carbocycles. The number of aliphatic carboxylic acids is 2. The maximum Gasteiger partial charge on any atom is 0.490 e. The van der Waals surface area contributed by atoms with Crippen molar-refractivity contribution in [2.24, 2.45) is 5.73 Å². The predicted molar refractivity (Wildman–Crippen MR) is 52.9 cm³/mol. The molecule has 0 aromatic heterocycles. The highest BCUT2D eigenvalue weighted by atomic mass is 19.4. The van der Waals surface area contributed by atoms with E-state index in [0.717, 1.165) is 6.42 Å². The van der Waals surface area contributed by atoms with Crippen LogP contribution in [0, 0.1) is 0 Å². The molecule has 0 radical (unpaired) electrons. The molecule has 0 unspecified atom stereocenters. The lowest BCUT2D eigenvalue weighted by Gasteiger charge is -2.13. The first-order valence-electron chi connectivity index (χ1n) is 4.99. The quantitative estimate of drug-likeness (QED) is 0.679. The van der Waals surface area contributed by atoms with Crippen molar-refractivity contribution < 1.29 is 37.7 Å². The lowest BCUT2D eigenvalue weighted by atomic mass is 10.1. The summed E-state index contributed by atoms with van der Waals surface area (Å²) in [6.45, 7) is 1.83. The molecule has 1 rings (SSSR count). The minimum Gasteiger partial charge on any atom is -0.479 e. The van der Waals surface area contributed by atoms with Crippen molar-refractivity contribution in [1.82, 2.24) is 0 Å². The SMILES string of the molecule is C[C@@H](N)[C@H]1CC[C@H](C(=O)O)O1.O=C(O)C(F)(F)F. The average Bonchev–Trinajstić information content (AvgIpc) is 2.65. The third-order valence-electron chi connectivity index (χ3n) is 2.16. The standard InChI is InChI=1S/C7H13NO3.C2HF3O2/c1-4(8)5-2-3-6(11-5)7(9)10;3-2(4,5)1(6)7/h4-6H,2-3,8H2,1H3,(H,9,10);(H,6,7)/t4-,5-,6-;/m1./s1. The monoisotopic (exact) mass is 273 g/mol. The Kier molecular flexibility index (Phi) is 6.06. The maximum absolute atomic E-state index is 10.6. The van der Waals surface area contributed by atoms with Crippen LogP contribution in [0.2, 0.25) is 0 Å². The Morgan fingerprint density at radius 3 is 1.94 bits per heavy atom. The molecular formula is C9H14F3NO5.